The molecule has 0 saturated carbocycles. The highest BCUT2D eigenvalue weighted by molar-refractivity contribution is 5.48. The smallest absolute Gasteiger partial charge is 0.205 e. The van der Waals surface area contributed by atoms with Gasteiger partial charge in [-0.2, -0.15) is 0 Å². The molecule has 0 radical (unpaired) electrons. The standard InChI is InChI=1S/C22H22N4/c1-3-5-7-11-19-15-23-21(24-16-19)13-9-10-14-22-25-17-20(18-26-22)12-8-6-4-2/h7-8,11-12,15-18H,3-6H2,1-2H3/b11-7+,12-8+. The van der Waals surface area contributed by atoms with Crippen molar-refractivity contribution in [2.75, 3.05) is 0 Å². The average molecular weight is 342 g/mol. The summed E-state index contributed by atoms with van der Waals surface area (Å²) >= 11 is 0. The lowest BCUT2D eigenvalue weighted by Crippen LogP contribution is -1.89. The van der Waals surface area contributed by atoms with Crippen LogP contribution in [0.25, 0.3) is 12.2 Å². The second kappa shape index (κ2) is 11.3. The molecule has 0 amide bonds. The molecular weight excluding hydrogens is 320 g/mol. The second-order valence-electron chi connectivity index (χ2n) is 5.56. The van der Waals surface area contributed by atoms with Crippen LogP contribution in [0.5, 0.6) is 0 Å². The monoisotopic (exact) mass is 342 g/mol. The third-order valence-electron chi connectivity index (χ3n) is 3.29. The Hall–Kier alpha value is -3.24. The molecule has 2 aromatic rings. The molecule has 26 heavy (non-hydrogen) atoms. The van der Waals surface area contributed by atoms with Crippen molar-refractivity contribution in [1.29, 1.82) is 0 Å². The van der Waals surface area contributed by atoms with E-state index in [1.165, 1.54) is 0 Å². The highest BCUT2D eigenvalue weighted by Gasteiger charge is 1.92. The Morgan fingerprint density at radius 1 is 0.692 bits per heavy atom. The second-order valence-corrected chi connectivity index (χ2v) is 5.56. The van der Waals surface area contributed by atoms with Gasteiger partial charge < -0.3 is 0 Å². The normalized spacial score (nSPS) is 10.4. The van der Waals surface area contributed by atoms with Crippen molar-refractivity contribution < 1.29 is 0 Å². The maximum atomic E-state index is 4.21. The minimum absolute atomic E-state index is 0.448. The predicted octanol–water partition coefficient (Wildman–Crippen LogP) is 4.30. The van der Waals surface area contributed by atoms with Crippen LogP contribution in [0.15, 0.2) is 36.9 Å². The van der Waals surface area contributed by atoms with E-state index in [0.29, 0.717) is 11.6 Å². The number of allylic oxidation sites excluding steroid dienone is 2. The SMILES string of the molecule is CCC/C=C/c1cnc(C#CC#Cc2ncc(/C=C/CCC)cn2)nc1. The van der Waals surface area contributed by atoms with Gasteiger partial charge in [-0.05, 0) is 36.5 Å². The maximum absolute atomic E-state index is 4.21. The van der Waals surface area contributed by atoms with Crippen LogP contribution in [0.2, 0.25) is 0 Å². The first-order valence-corrected chi connectivity index (χ1v) is 8.81. The van der Waals surface area contributed by atoms with Crippen LogP contribution in [0.3, 0.4) is 0 Å². The summed E-state index contributed by atoms with van der Waals surface area (Å²) in [4.78, 5) is 16.8. The molecule has 0 N–H and O–H groups in total. The van der Waals surface area contributed by atoms with Gasteiger partial charge in [0.1, 0.15) is 0 Å². The summed E-state index contributed by atoms with van der Waals surface area (Å²) in [6, 6.07) is 0. The summed E-state index contributed by atoms with van der Waals surface area (Å²) in [5.41, 5.74) is 1.94. The molecule has 2 heterocycles. The van der Waals surface area contributed by atoms with Crippen molar-refractivity contribution in [1.82, 2.24) is 19.9 Å². The minimum atomic E-state index is 0.448. The van der Waals surface area contributed by atoms with Gasteiger partial charge in [0.05, 0.1) is 0 Å². The Morgan fingerprint density at radius 3 is 1.42 bits per heavy atom. The van der Waals surface area contributed by atoms with Crippen molar-refractivity contribution in [2.45, 2.75) is 39.5 Å². The number of nitrogens with zero attached hydrogens (tertiary/aromatic N) is 4. The number of unbranched alkanes of at least 4 members (excludes halogenated alkanes) is 2. The molecule has 2 aromatic heterocycles. The van der Waals surface area contributed by atoms with Crippen molar-refractivity contribution in [3.63, 3.8) is 0 Å². The molecule has 0 aliphatic rings. The molecule has 0 saturated heterocycles. The fourth-order valence-electron chi connectivity index (χ4n) is 1.92. The zero-order valence-corrected chi connectivity index (χ0v) is 15.2. The van der Waals surface area contributed by atoms with Crippen molar-refractivity contribution in [3.8, 4) is 23.7 Å². The van der Waals surface area contributed by atoms with Crippen LogP contribution in [-0.4, -0.2) is 19.9 Å². The van der Waals surface area contributed by atoms with Gasteiger partial charge in [-0.3, -0.25) is 0 Å². The average Bonchev–Trinajstić information content (AvgIpc) is 2.68. The Morgan fingerprint density at radius 2 is 1.08 bits per heavy atom. The quantitative estimate of drug-likeness (QED) is 0.735. The van der Waals surface area contributed by atoms with Crippen LogP contribution in [0.4, 0.5) is 0 Å². The first kappa shape index (κ1) is 19.1. The number of hydrogen-bond acceptors (Lipinski definition) is 4. The third kappa shape index (κ3) is 7.11. The predicted molar refractivity (Wildman–Crippen MR) is 106 cm³/mol. The van der Waals surface area contributed by atoms with E-state index in [0.717, 1.165) is 36.8 Å². The summed E-state index contributed by atoms with van der Waals surface area (Å²) < 4.78 is 0. The summed E-state index contributed by atoms with van der Waals surface area (Å²) in [5.74, 6) is 12.0. The highest BCUT2D eigenvalue weighted by Crippen LogP contribution is 2.01. The van der Waals surface area contributed by atoms with Crippen LogP contribution in [0, 0.1) is 23.7 Å². The minimum Gasteiger partial charge on any atom is -0.229 e. The van der Waals surface area contributed by atoms with E-state index in [-0.39, 0.29) is 0 Å². The lowest BCUT2D eigenvalue weighted by molar-refractivity contribution is 0.962. The molecule has 0 bridgehead atoms. The molecule has 0 aliphatic carbocycles. The molecule has 0 atom stereocenters. The van der Waals surface area contributed by atoms with E-state index in [1.807, 2.05) is 12.2 Å². The van der Waals surface area contributed by atoms with Gasteiger partial charge in [-0.1, -0.05) is 51.0 Å². The van der Waals surface area contributed by atoms with Crippen molar-refractivity contribution in [2.24, 2.45) is 0 Å². The first-order chi connectivity index (χ1) is 12.8. The summed E-state index contributed by atoms with van der Waals surface area (Å²) in [7, 11) is 0. The summed E-state index contributed by atoms with van der Waals surface area (Å²) in [6.45, 7) is 4.29. The molecule has 2 rings (SSSR count). The topological polar surface area (TPSA) is 51.6 Å². The number of rotatable bonds is 6. The van der Waals surface area contributed by atoms with Gasteiger partial charge in [0.25, 0.3) is 0 Å². The lowest BCUT2D eigenvalue weighted by atomic mass is 10.2. The van der Waals surface area contributed by atoms with Gasteiger partial charge in [0.15, 0.2) is 0 Å². The van der Waals surface area contributed by atoms with Crippen molar-refractivity contribution >= 4 is 12.2 Å². The van der Waals surface area contributed by atoms with E-state index in [2.05, 4.69) is 69.6 Å². The van der Waals surface area contributed by atoms with Crippen molar-refractivity contribution in [3.05, 3.63) is 59.7 Å². The van der Waals surface area contributed by atoms with E-state index in [9.17, 15) is 0 Å². The van der Waals surface area contributed by atoms with Gasteiger partial charge in [0, 0.05) is 35.9 Å². The highest BCUT2D eigenvalue weighted by atomic mass is 14.9. The molecule has 0 unspecified atom stereocenters. The molecule has 0 aromatic carbocycles. The van der Waals surface area contributed by atoms with E-state index in [1.54, 1.807) is 24.8 Å². The Labute approximate surface area is 155 Å². The Balaban J connectivity index is 1.93. The number of hydrogen-bond donors (Lipinski definition) is 0. The molecular formula is C22H22N4. The molecule has 0 spiro atoms. The number of aromatic nitrogens is 4. The van der Waals surface area contributed by atoms with Crippen LogP contribution >= 0.6 is 0 Å². The molecule has 130 valence electrons. The van der Waals surface area contributed by atoms with E-state index in [4.69, 9.17) is 0 Å². The zero-order chi connectivity index (χ0) is 18.5. The summed E-state index contributed by atoms with van der Waals surface area (Å²) in [5, 5.41) is 0. The lowest BCUT2D eigenvalue weighted by Gasteiger charge is -1.92. The van der Waals surface area contributed by atoms with E-state index >= 15 is 0 Å². The Kier molecular flexibility index (Phi) is 8.32. The molecule has 0 aliphatic heterocycles. The molecule has 0 fully saturated rings. The fourth-order valence-corrected chi connectivity index (χ4v) is 1.92. The van der Waals surface area contributed by atoms with Crippen LogP contribution < -0.4 is 0 Å². The third-order valence-corrected chi connectivity index (χ3v) is 3.29. The van der Waals surface area contributed by atoms with Gasteiger partial charge in [-0.15, -0.1) is 0 Å². The maximum Gasteiger partial charge on any atom is 0.205 e. The Bertz CT molecular complexity index is 779. The van der Waals surface area contributed by atoms with Gasteiger partial charge in [0.2, 0.25) is 11.6 Å². The van der Waals surface area contributed by atoms with Gasteiger partial charge >= 0.3 is 0 Å². The zero-order valence-electron chi connectivity index (χ0n) is 15.2. The van der Waals surface area contributed by atoms with E-state index < -0.39 is 0 Å². The van der Waals surface area contributed by atoms with Gasteiger partial charge in [-0.25, -0.2) is 19.9 Å². The fraction of sp³-hybridized carbons (Fsp3) is 0.273. The van der Waals surface area contributed by atoms with Crippen LogP contribution in [-0.2, 0) is 0 Å². The summed E-state index contributed by atoms with van der Waals surface area (Å²) in [6.07, 6.45) is 19.6. The largest absolute Gasteiger partial charge is 0.229 e. The molecule has 4 heteroatoms. The first-order valence-electron chi connectivity index (χ1n) is 8.81. The van der Waals surface area contributed by atoms with Crippen LogP contribution in [0.1, 0.15) is 62.3 Å². The molecule has 4 nitrogen and oxygen atoms in total.